The first-order valence-electron chi connectivity index (χ1n) is 10.7. The van der Waals surface area contributed by atoms with Gasteiger partial charge in [0.1, 0.15) is 5.75 Å². The van der Waals surface area contributed by atoms with Crippen molar-refractivity contribution >= 4 is 21.6 Å². The highest BCUT2D eigenvalue weighted by Gasteiger charge is 2.25. The van der Waals surface area contributed by atoms with Crippen molar-refractivity contribution in [3.8, 4) is 5.75 Å². The molecule has 1 aliphatic heterocycles. The van der Waals surface area contributed by atoms with Crippen LogP contribution in [-0.4, -0.2) is 38.3 Å². The van der Waals surface area contributed by atoms with E-state index in [1.807, 2.05) is 6.07 Å². The molecule has 1 amide bonds. The summed E-state index contributed by atoms with van der Waals surface area (Å²) in [6.07, 6.45) is 5.87. The average Bonchev–Trinajstić information content (AvgIpc) is 3.05. The quantitative estimate of drug-likeness (QED) is 0.617. The van der Waals surface area contributed by atoms with Gasteiger partial charge in [-0.15, -0.1) is 0 Å². The molecule has 2 aromatic rings. The Hall–Kier alpha value is -2.38. The van der Waals surface area contributed by atoms with Crippen molar-refractivity contribution in [3.05, 3.63) is 54.1 Å². The molecule has 1 saturated heterocycles. The van der Waals surface area contributed by atoms with Crippen LogP contribution in [0.25, 0.3) is 0 Å². The van der Waals surface area contributed by atoms with Gasteiger partial charge >= 0.3 is 0 Å². The largest absolute Gasteiger partial charge is 0.493 e. The number of ether oxygens (including phenoxy) is 1. The first kappa shape index (κ1) is 22.3. The first-order valence-corrected chi connectivity index (χ1v) is 12.1. The minimum atomic E-state index is -3.50. The topological polar surface area (TPSA) is 75.7 Å². The molecule has 0 saturated carbocycles. The lowest BCUT2D eigenvalue weighted by molar-refractivity contribution is 0.102. The van der Waals surface area contributed by atoms with Gasteiger partial charge in [-0.2, -0.15) is 4.31 Å². The molecule has 0 aliphatic carbocycles. The lowest BCUT2D eigenvalue weighted by Crippen LogP contribution is -2.31. The number of unbranched alkanes of at least 4 members (excludes halogenated alkanes) is 1. The van der Waals surface area contributed by atoms with Crippen LogP contribution in [0.4, 0.5) is 5.69 Å². The average molecular weight is 431 g/mol. The highest BCUT2D eigenvalue weighted by Crippen LogP contribution is 2.23. The van der Waals surface area contributed by atoms with Crippen LogP contribution in [0.2, 0.25) is 0 Å². The van der Waals surface area contributed by atoms with Crippen molar-refractivity contribution in [3.63, 3.8) is 0 Å². The summed E-state index contributed by atoms with van der Waals surface area (Å²) in [5.41, 5.74) is 0.994. The molecule has 3 rings (SSSR count). The zero-order valence-corrected chi connectivity index (χ0v) is 18.3. The lowest BCUT2D eigenvalue weighted by atomic mass is 10.2. The number of hydrogen-bond donors (Lipinski definition) is 1. The fourth-order valence-electron chi connectivity index (χ4n) is 3.45. The van der Waals surface area contributed by atoms with Crippen molar-refractivity contribution in [2.75, 3.05) is 25.0 Å². The second-order valence-corrected chi connectivity index (χ2v) is 9.43. The number of carbonyl (C=O) groups is 1. The van der Waals surface area contributed by atoms with Gasteiger partial charge in [-0.05, 0) is 55.7 Å². The number of anilines is 1. The summed E-state index contributed by atoms with van der Waals surface area (Å²) in [4.78, 5) is 13.0. The van der Waals surface area contributed by atoms with Gasteiger partial charge in [0, 0.05) is 18.8 Å². The monoisotopic (exact) mass is 430 g/mol. The summed E-state index contributed by atoms with van der Waals surface area (Å²) in [7, 11) is -3.50. The molecular weight excluding hydrogens is 400 g/mol. The molecule has 6 nitrogen and oxygen atoms in total. The summed E-state index contributed by atoms with van der Waals surface area (Å²) in [5, 5.41) is 2.83. The summed E-state index contributed by atoms with van der Waals surface area (Å²) in [6.45, 7) is 3.77. The third-order valence-electron chi connectivity index (χ3n) is 5.20. The van der Waals surface area contributed by atoms with Crippen molar-refractivity contribution in [1.82, 2.24) is 4.31 Å². The fourth-order valence-corrected chi connectivity index (χ4v) is 4.96. The van der Waals surface area contributed by atoms with Crippen molar-refractivity contribution in [2.24, 2.45) is 0 Å². The number of nitrogens with one attached hydrogen (secondary N) is 1. The zero-order valence-electron chi connectivity index (χ0n) is 17.5. The number of nitrogens with zero attached hydrogens (tertiary/aromatic N) is 1. The third-order valence-corrected chi connectivity index (χ3v) is 7.12. The Morgan fingerprint density at radius 3 is 2.33 bits per heavy atom. The van der Waals surface area contributed by atoms with Crippen LogP contribution in [0, 0.1) is 0 Å². The second kappa shape index (κ2) is 10.6. The van der Waals surface area contributed by atoms with E-state index < -0.39 is 10.0 Å². The van der Waals surface area contributed by atoms with E-state index in [4.69, 9.17) is 4.74 Å². The van der Waals surface area contributed by atoms with Gasteiger partial charge in [-0.25, -0.2) is 8.42 Å². The van der Waals surface area contributed by atoms with Crippen LogP contribution in [0.15, 0.2) is 53.4 Å². The molecule has 30 heavy (non-hydrogen) atoms. The number of carbonyl (C=O) groups excluding carboxylic acids is 1. The SMILES string of the molecule is CCCCOc1ccccc1C(=O)Nc1ccc(S(=O)(=O)N2CCCCCC2)cc1. The first-order chi connectivity index (χ1) is 14.5. The van der Waals surface area contributed by atoms with Crippen molar-refractivity contribution < 1.29 is 17.9 Å². The Bertz CT molecular complexity index is 934. The maximum atomic E-state index is 12.9. The van der Waals surface area contributed by atoms with Crippen LogP contribution < -0.4 is 10.1 Å². The predicted octanol–water partition coefficient (Wildman–Crippen LogP) is 4.68. The molecule has 0 unspecified atom stereocenters. The van der Waals surface area contributed by atoms with Crippen LogP contribution in [0.5, 0.6) is 5.75 Å². The van der Waals surface area contributed by atoms with E-state index >= 15 is 0 Å². The number of hydrogen-bond acceptors (Lipinski definition) is 4. The van der Waals surface area contributed by atoms with Gasteiger partial charge in [0.15, 0.2) is 0 Å². The van der Waals surface area contributed by atoms with Crippen LogP contribution in [0.1, 0.15) is 55.8 Å². The molecular formula is C23H30N2O4S. The molecule has 0 aromatic heterocycles. The molecule has 162 valence electrons. The molecule has 7 heteroatoms. The molecule has 1 N–H and O–H groups in total. The fraction of sp³-hybridized carbons (Fsp3) is 0.435. The van der Waals surface area contributed by atoms with Crippen molar-refractivity contribution in [2.45, 2.75) is 50.3 Å². The Morgan fingerprint density at radius 2 is 1.67 bits per heavy atom. The Labute approximate surface area is 179 Å². The van der Waals surface area contributed by atoms with E-state index in [1.165, 1.54) is 0 Å². The zero-order chi connectivity index (χ0) is 21.4. The highest BCUT2D eigenvalue weighted by molar-refractivity contribution is 7.89. The molecule has 0 bridgehead atoms. The number of sulfonamides is 1. The molecule has 1 aliphatic rings. The Balaban J connectivity index is 1.69. The molecule has 1 fully saturated rings. The van der Waals surface area contributed by atoms with Gasteiger partial charge in [-0.1, -0.05) is 38.3 Å². The van der Waals surface area contributed by atoms with E-state index in [9.17, 15) is 13.2 Å². The second-order valence-electron chi connectivity index (χ2n) is 7.49. The van der Waals surface area contributed by atoms with E-state index in [2.05, 4.69) is 12.2 Å². The number of rotatable bonds is 8. The summed E-state index contributed by atoms with van der Waals surface area (Å²) < 4.78 is 33.1. The predicted molar refractivity (Wildman–Crippen MR) is 118 cm³/mol. The molecule has 1 heterocycles. The van der Waals surface area contributed by atoms with Crippen LogP contribution >= 0.6 is 0 Å². The van der Waals surface area contributed by atoms with E-state index in [0.29, 0.717) is 36.7 Å². The van der Waals surface area contributed by atoms with Gasteiger partial charge in [0.2, 0.25) is 10.0 Å². The molecule has 2 aromatic carbocycles. The maximum absolute atomic E-state index is 12.9. The standard InChI is InChI=1S/C23H30N2O4S/c1-2-3-18-29-22-11-7-6-10-21(22)23(26)24-19-12-14-20(15-13-19)30(27,28)25-16-8-4-5-9-17-25/h6-7,10-15H,2-5,8-9,16-18H2,1H3,(H,24,26). The number of benzene rings is 2. The minimum Gasteiger partial charge on any atom is -0.493 e. The lowest BCUT2D eigenvalue weighted by Gasteiger charge is -2.20. The van der Waals surface area contributed by atoms with Gasteiger partial charge in [-0.3, -0.25) is 4.79 Å². The number of para-hydroxylation sites is 1. The molecule has 0 atom stereocenters. The van der Waals surface area contributed by atoms with Gasteiger partial charge < -0.3 is 10.1 Å². The smallest absolute Gasteiger partial charge is 0.259 e. The summed E-state index contributed by atoms with van der Waals surface area (Å²) >= 11 is 0. The normalized spacial score (nSPS) is 15.4. The maximum Gasteiger partial charge on any atom is 0.259 e. The van der Waals surface area contributed by atoms with Gasteiger partial charge in [0.05, 0.1) is 17.1 Å². The summed E-state index contributed by atoms with van der Waals surface area (Å²) in [6, 6.07) is 13.5. The summed E-state index contributed by atoms with van der Waals surface area (Å²) in [5.74, 6) is 0.258. The van der Waals surface area contributed by atoms with Gasteiger partial charge in [0.25, 0.3) is 5.91 Å². The molecule has 0 radical (unpaired) electrons. The van der Waals surface area contributed by atoms with Crippen molar-refractivity contribution in [1.29, 1.82) is 0 Å². The minimum absolute atomic E-state index is 0.255. The van der Waals surface area contributed by atoms with E-state index in [0.717, 1.165) is 38.5 Å². The van der Waals surface area contributed by atoms with E-state index in [1.54, 1.807) is 46.8 Å². The molecule has 0 spiro atoms. The van der Waals surface area contributed by atoms with Crippen LogP contribution in [-0.2, 0) is 10.0 Å². The van der Waals surface area contributed by atoms with Crippen LogP contribution in [0.3, 0.4) is 0 Å². The Morgan fingerprint density at radius 1 is 1.00 bits per heavy atom. The Kier molecular flexibility index (Phi) is 7.87. The van der Waals surface area contributed by atoms with E-state index in [-0.39, 0.29) is 10.8 Å². The highest BCUT2D eigenvalue weighted by atomic mass is 32.2. The third kappa shape index (κ3) is 5.61. The number of amides is 1.